The molecule has 11 aromatic rings. The average Bonchev–Trinajstić information content (AvgIpc) is 1.70. The molecule has 0 fully saturated rings. The van der Waals surface area contributed by atoms with Crippen LogP contribution in [0.1, 0.15) is 62.2 Å². The van der Waals surface area contributed by atoms with E-state index in [9.17, 15) is 2.74 Å². The van der Waals surface area contributed by atoms with Crippen LogP contribution in [0.3, 0.4) is 0 Å². The molecule has 0 N–H and O–H groups in total. The molecule has 1 aliphatic heterocycles. The molecular formula is C67H56BN5OPt. The SMILES string of the molecule is [2H]c1c([2H])c([2H])c(-c2cc(C([2H])([2H])[2H])cc(-c3cccc(C(C)(C)C)c3)c2-n2[c](=[Pt])n(-c3cc(Oc4cc(C([2H])([2H])[2H])cc(N5B(c6ccccc6)N(c6ccccc6)c6ccccc65)n4)cc(-c4ccccc4C([2H])([2H])[2H])c3)c3ccccc32)c([2H])c1[2H]. The van der Waals surface area contributed by atoms with Gasteiger partial charge in [0, 0.05) is 5.69 Å². The molecule has 368 valence electrons. The second kappa shape index (κ2) is 19.6. The third-order valence-electron chi connectivity index (χ3n) is 13.5. The van der Waals surface area contributed by atoms with Gasteiger partial charge in [0.25, 0.3) is 0 Å². The van der Waals surface area contributed by atoms with Crippen molar-refractivity contribution in [3.63, 3.8) is 0 Å². The summed E-state index contributed by atoms with van der Waals surface area (Å²) in [5.41, 5.74) is 7.29. The summed E-state index contributed by atoms with van der Waals surface area (Å²) in [6.45, 7) is -2.34. The van der Waals surface area contributed by atoms with Crippen molar-refractivity contribution < 1.29 is 43.3 Å². The average molecular weight is 1170 g/mol. The van der Waals surface area contributed by atoms with Crippen LogP contribution in [-0.4, -0.2) is 21.1 Å². The topological polar surface area (TPSA) is 38.5 Å². The van der Waals surface area contributed by atoms with Crippen LogP contribution < -0.4 is 19.8 Å². The van der Waals surface area contributed by atoms with E-state index in [-0.39, 0.29) is 50.7 Å². The zero-order valence-electron chi connectivity index (χ0n) is 55.1. The second-order valence-corrected chi connectivity index (χ2v) is 20.4. The van der Waals surface area contributed by atoms with E-state index in [0.717, 1.165) is 28.1 Å². The van der Waals surface area contributed by atoms with Crippen molar-refractivity contribution in [2.24, 2.45) is 0 Å². The molecule has 0 atom stereocenters. The van der Waals surface area contributed by atoms with Crippen LogP contribution in [0.2, 0.25) is 0 Å². The van der Waals surface area contributed by atoms with E-state index in [2.05, 4.69) is 44.9 Å². The maximum atomic E-state index is 9.40. The quantitative estimate of drug-likeness (QED) is 0.128. The van der Waals surface area contributed by atoms with Gasteiger partial charge in [-0.05, 0) is 18.2 Å². The minimum atomic E-state index is -2.73. The van der Waals surface area contributed by atoms with Crippen LogP contribution in [0, 0.1) is 24.4 Å². The summed E-state index contributed by atoms with van der Waals surface area (Å²) in [6.07, 6.45) is 0. The fourth-order valence-electron chi connectivity index (χ4n) is 10.1. The number of fused-ring (bicyclic) bond motifs is 2. The van der Waals surface area contributed by atoms with Gasteiger partial charge < -0.3 is 0 Å². The number of nitrogens with zero attached hydrogens (tertiary/aromatic N) is 5. The number of imidazole rings is 1. The Bertz CT molecular complexity index is 4630. The maximum absolute atomic E-state index is 9.40. The first-order chi connectivity index (χ1) is 42.2. The molecule has 0 saturated carbocycles. The summed E-state index contributed by atoms with van der Waals surface area (Å²) in [6, 6.07) is 57.6. The molecule has 0 radical (unpaired) electrons. The van der Waals surface area contributed by atoms with Gasteiger partial charge >= 0.3 is 388 Å². The zero-order valence-corrected chi connectivity index (χ0v) is 43.4. The van der Waals surface area contributed by atoms with Gasteiger partial charge in [0.2, 0.25) is 0 Å². The normalized spacial score (nSPS) is 15.6. The van der Waals surface area contributed by atoms with E-state index in [1.807, 2.05) is 153 Å². The van der Waals surface area contributed by atoms with Crippen molar-refractivity contribution in [3.8, 4) is 56.4 Å². The fourth-order valence-corrected chi connectivity index (χ4v) is 11.2. The van der Waals surface area contributed by atoms with Crippen molar-refractivity contribution in [2.45, 2.75) is 46.7 Å². The van der Waals surface area contributed by atoms with Gasteiger partial charge in [0.1, 0.15) is 0 Å². The third kappa shape index (κ3) is 8.96. The molecule has 0 spiro atoms. The molecular weight excluding hydrogens is 1100 g/mol. The first-order valence-corrected chi connectivity index (χ1v) is 25.6. The molecule has 12 rings (SSSR count). The number of hydrogen-bond donors (Lipinski definition) is 0. The number of hydrogen-bond acceptors (Lipinski definition) is 4. The van der Waals surface area contributed by atoms with Gasteiger partial charge in [-0.3, -0.25) is 0 Å². The molecule has 2 aromatic heterocycles. The van der Waals surface area contributed by atoms with Crippen LogP contribution >= 0.6 is 0 Å². The van der Waals surface area contributed by atoms with E-state index in [0.29, 0.717) is 48.5 Å². The zero-order chi connectivity index (χ0) is 63.2. The van der Waals surface area contributed by atoms with Gasteiger partial charge in [0.05, 0.1) is 0 Å². The first-order valence-electron chi connectivity index (χ1n) is 31.5. The number of aryl methyl sites for hydroxylation is 3. The molecule has 0 unspecified atom stereocenters. The minimum absolute atomic E-state index is 0.0533. The Labute approximate surface area is 471 Å². The number of ether oxygens (including phenoxy) is 1. The fraction of sp³-hybridized carbons (Fsp3) is 0.104. The molecule has 1 aliphatic rings. The molecule has 0 bridgehead atoms. The summed E-state index contributed by atoms with van der Waals surface area (Å²) in [7, 11) is 0. The van der Waals surface area contributed by atoms with Gasteiger partial charge in [-0.2, -0.15) is 0 Å². The van der Waals surface area contributed by atoms with E-state index in [1.165, 1.54) is 12.1 Å². The van der Waals surface area contributed by atoms with Crippen molar-refractivity contribution in [2.75, 3.05) is 9.62 Å². The van der Waals surface area contributed by atoms with Crippen LogP contribution in [0.25, 0.3) is 55.8 Å². The summed E-state index contributed by atoms with van der Waals surface area (Å²) < 4.78 is 136. The summed E-state index contributed by atoms with van der Waals surface area (Å²) >= 11 is 2.16. The molecule has 0 saturated heterocycles. The predicted molar refractivity (Wildman–Crippen MR) is 308 cm³/mol. The second-order valence-electron chi connectivity index (χ2n) is 19.4. The summed E-state index contributed by atoms with van der Waals surface area (Å²) in [5, 5.41) is 0. The number of pyridine rings is 1. The molecule has 8 heteroatoms. The Morgan fingerprint density at radius 3 is 1.92 bits per heavy atom. The van der Waals surface area contributed by atoms with Crippen molar-refractivity contribution in [1.29, 1.82) is 0 Å². The standard InChI is InChI=1S/C67H56BN5O.Pt/c1-46-37-58(49-24-10-7-11-25-49)66(59(38-46)50-26-22-27-52(41-50)67(4,5)6)71-45-70(60-33-18-19-34-61(60)71)55-42-51(57-32-17-16-23-48(57)3)43-56(44-55)74-65-40-47(2)39-64(69-65)73-63-36-21-20-35-62(63)72(54-30-14-9-15-31-54)68(73)53-28-12-8-13-29-53;/h7-44H,1-6H3;/i1D3,2D3,3D3,7D,10D,11D,24D,25D;. The number of aromatic nitrogens is 3. The third-order valence-corrected chi connectivity index (χ3v) is 14.5. The van der Waals surface area contributed by atoms with E-state index < -0.39 is 57.8 Å². The number of rotatable bonds is 10. The Balaban J connectivity index is 1.13. The van der Waals surface area contributed by atoms with Crippen molar-refractivity contribution >= 4 is 46.4 Å². The molecule has 0 amide bonds. The van der Waals surface area contributed by atoms with Crippen LogP contribution in [-0.2, 0) is 24.8 Å². The van der Waals surface area contributed by atoms with Gasteiger partial charge in [0.15, 0.2) is 0 Å². The Morgan fingerprint density at radius 2 is 1.19 bits per heavy atom. The summed E-state index contributed by atoms with van der Waals surface area (Å²) in [5.74, 6) is 0.339. The molecule has 6 nitrogen and oxygen atoms in total. The van der Waals surface area contributed by atoms with Crippen LogP contribution in [0.15, 0.2) is 230 Å². The molecule has 3 heterocycles. The summed E-state index contributed by atoms with van der Waals surface area (Å²) in [4.78, 5) is 9.35. The molecule has 75 heavy (non-hydrogen) atoms. The Kier molecular flexibility index (Phi) is 8.94. The Morgan fingerprint density at radius 1 is 0.533 bits per heavy atom. The van der Waals surface area contributed by atoms with Gasteiger partial charge in [-0.1, -0.05) is 60.7 Å². The molecule has 9 aromatic carbocycles. The monoisotopic (exact) mass is 1170 g/mol. The van der Waals surface area contributed by atoms with Gasteiger partial charge in [-0.15, -0.1) is 0 Å². The van der Waals surface area contributed by atoms with Crippen molar-refractivity contribution in [1.82, 2.24) is 14.1 Å². The predicted octanol–water partition coefficient (Wildman–Crippen LogP) is 16.6. The number of anilines is 4. The van der Waals surface area contributed by atoms with Gasteiger partial charge in [-0.25, -0.2) is 0 Å². The van der Waals surface area contributed by atoms with Crippen LogP contribution in [0.4, 0.5) is 22.9 Å². The van der Waals surface area contributed by atoms with E-state index >= 15 is 0 Å². The van der Waals surface area contributed by atoms with E-state index in [1.54, 1.807) is 48.5 Å². The van der Waals surface area contributed by atoms with Crippen LogP contribution in [0.5, 0.6) is 11.6 Å². The number of para-hydroxylation sites is 5. The molecule has 0 aliphatic carbocycles. The Hall–Kier alpha value is -8.25. The first kappa shape index (κ1) is 34.3. The van der Waals surface area contributed by atoms with E-state index in [4.69, 9.17) is 26.2 Å². The number of benzene rings is 9. The van der Waals surface area contributed by atoms with Crippen molar-refractivity contribution in [3.05, 3.63) is 256 Å².